The largest absolute Gasteiger partial charge is 0.350 e. The van der Waals surface area contributed by atoms with E-state index in [4.69, 9.17) is 0 Å². The zero-order valence-corrected chi connectivity index (χ0v) is 13.3. The van der Waals surface area contributed by atoms with Crippen molar-refractivity contribution in [1.29, 1.82) is 0 Å². The zero-order chi connectivity index (χ0) is 16.5. The van der Waals surface area contributed by atoms with Gasteiger partial charge in [-0.25, -0.2) is 9.18 Å². The van der Waals surface area contributed by atoms with E-state index in [0.29, 0.717) is 24.6 Å². The number of benzene rings is 1. The van der Waals surface area contributed by atoms with Crippen molar-refractivity contribution >= 4 is 11.9 Å². The number of rotatable bonds is 7. The highest BCUT2D eigenvalue weighted by Crippen LogP contribution is 2.08. The molecule has 1 aromatic rings. The van der Waals surface area contributed by atoms with E-state index in [1.165, 1.54) is 6.07 Å². The quantitative estimate of drug-likeness (QED) is 0.676. The first-order chi connectivity index (χ1) is 10.4. The number of hydrogen-bond donors (Lipinski definition) is 3. The number of amides is 3. The van der Waals surface area contributed by atoms with E-state index in [2.05, 4.69) is 29.8 Å². The van der Waals surface area contributed by atoms with Gasteiger partial charge in [0.25, 0.3) is 5.91 Å². The number of halogens is 1. The Balaban J connectivity index is 2.22. The molecular weight excluding hydrogens is 285 g/mol. The van der Waals surface area contributed by atoms with Gasteiger partial charge in [-0.2, -0.15) is 0 Å². The third-order valence-corrected chi connectivity index (χ3v) is 3.14. The number of aryl methyl sites for hydroxylation is 1. The minimum atomic E-state index is -0.407. The van der Waals surface area contributed by atoms with Gasteiger partial charge in [-0.3, -0.25) is 4.79 Å². The fourth-order valence-corrected chi connectivity index (χ4v) is 1.73. The second kappa shape index (κ2) is 9.02. The third kappa shape index (κ3) is 6.56. The smallest absolute Gasteiger partial charge is 0.314 e. The lowest BCUT2D eigenvalue weighted by Crippen LogP contribution is -2.40. The van der Waals surface area contributed by atoms with E-state index in [-0.39, 0.29) is 24.0 Å². The molecule has 22 heavy (non-hydrogen) atoms. The lowest BCUT2D eigenvalue weighted by atomic mass is 10.1. The van der Waals surface area contributed by atoms with Crippen LogP contribution in [0, 0.1) is 18.7 Å². The Labute approximate surface area is 130 Å². The van der Waals surface area contributed by atoms with Crippen molar-refractivity contribution in [2.45, 2.75) is 27.2 Å². The molecule has 0 spiro atoms. The van der Waals surface area contributed by atoms with Crippen molar-refractivity contribution < 1.29 is 14.0 Å². The highest BCUT2D eigenvalue weighted by atomic mass is 19.1. The second-order valence-electron chi connectivity index (χ2n) is 5.59. The zero-order valence-electron chi connectivity index (χ0n) is 13.3. The molecule has 0 atom stereocenters. The Morgan fingerprint density at radius 2 is 1.73 bits per heavy atom. The number of hydrogen-bond acceptors (Lipinski definition) is 2. The van der Waals surface area contributed by atoms with Gasteiger partial charge in [0.2, 0.25) is 0 Å². The molecule has 6 heteroatoms. The fourth-order valence-electron chi connectivity index (χ4n) is 1.73. The highest BCUT2D eigenvalue weighted by molar-refractivity contribution is 5.94. The van der Waals surface area contributed by atoms with Gasteiger partial charge in [0.05, 0.1) is 0 Å². The molecule has 122 valence electrons. The van der Waals surface area contributed by atoms with Crippen molar-refractivity contribution in [1.82, 2.24) is 16.0 Å². The summed E-state index contributed by atoms with van der Waals surface area (Å²) in [6.07, 6.45) is 0.920. The SMILES string of the molecule is Cc1ccc(C(=O)NCCNC(=O)NCCC(C)C)cc1F. The minimum absolute atomic E-state index is 0.253. The van der Waals surface area contributed by atoms with Crippen molar-refractivity contribution in [3.05, 3.63) is 35.1 Å². The standard InChI is InChI=1S/C16H24FN3O2/c1-11(2)6-7-19-16(22)20-9-8-18-15(21)13-5-4-12(3)14(17)10-13/h4-5,10-11H,6-9H2,1-3H3,(H,18,21)(H2,19,20,22). The predicted molar refractivity (Wildman–Crippen MR) is 84.3 cm³/mol. The fraction of sp³-hybridized carbons (Fsp3) is 0.500. The van der Waals surface area contributed by atoms with Crippen molar-refractivity contribution in [3.8, 4) is 0 Å². The monoisotopic (exact) mass is 309 g/mol. The number of carbonyl (C=O) groups excluding carboxylic acids is 2. The summed E-state index contributed by atoms with van der Waals surface area (Å²) < 4.78 is 13.4. The van der Waals surface area contributed by atoms with E-state index >= 15 is 0 Å². The molecule has 0 radical (unpaired) electrons. The molecule has 0 aliphatic carbocycles. The van der Waals surface area contributed by atoms with E-state index in [1.807, 2.05) is 0 Å². The molecule has 0 fully saturated rings. The molecule has 0 heterocycles. The summed E-state index contributed by atoms with van der Waals surface area (Å²) in [4.78, 5) is 23.2. The van der Waals surface area contributed by atoms with Crippen molar-refractivity contribution in [2.24, 2.45) is 5.92 Å². The third-order valence-electron chi connectivity index (χ3n) is 3.14. The maximum absolute atomic E-state index is 13.4. The summed E-state index contributed by atoms with van der Waals surface area (Å²) in [5.74, 6) is -0.231. The maximum Gasteiger partial charge on any atom is 0.314 e. The molecule has 1 aromatic carbocycles. The second-order valence-corrected chi connectivity index (χ2v) is 5.59. The molecule has 3 amide bonds. The van der Waals surface area contributed by atoms with Gasteiger partial charge in [-0.05, 0) is 37.0 Å². The Morgan fingerprint density at radius 1 is 1.09 bits per heavy atom. The van der Waals surface area contributed by atoms with E-state index < -0.39 is 5.82 Å². The summed E-state index contributed by atoms with van der Waals surface area (Å²) in [6.45, 7) is 7.03. The first-order valence-electron chi connectivity index (χ1n) is 7.46. The van der Waals surface area contributed by atoms with Crippen LogP contribution in [0.5, 0.6) is 0 Å². The Morgan fingerprint density at radius 3 is 2.36 bits per heavy atom. The normalized spacial score (nSPS) is 10.4. The lowest BCUT2D eigenvalue weighted by Gasteiger charge is -2.10. The molecule has 0 aliphatic heterocycles. The van der Waals surface area contributed by atoms with Crippen LogP contribution < -0.4 is 16.0 Å². The van der Waals surface area contributed by atoms with Crippen LogP contribution >= 0.6 is 0 Å². The van der Waals surface area contributed by atoms with Crippen LogP contribution in [0.3, 0.4) is 0 Å². The van der Waals surface area contributed by atoms with Gasteiger partial charge < -0.3 is 16.0 Å². The molecule has 0 aromatic heterocycles. The van der Waals surface area contributed by atoms with Crippen LogP contribution in [0.2, 0.25) is 0 Å². The van der Waals surface area contributed by atoms with Gasteiger partial charge in [0.15, 0.2) is 0 Å². The maximum atomic E-state index is 13.4. The van der Waals surface area contributed by atoms with Crippen molar-refractivity contribution in [3.63, 3.8) is 0 Å². The number of nitrogens with one attached hydrogen (secondary N) is 3. The Kier molecular flexibility index (Phi) is 7.36. The lowest BCUT2D eigenvalue weighted by molar-refractivity contribution is 0.0953. The Hall–Kier alpha value is -2.11. The summed E-state index contributed by atoms with van der Waals surface area (Å²) >= 11 is 0. The molecule has 3 N–H and O–H groups in total. The first-order valence-corrected chi connectivity index (χ1v) is 7.46. The average molecular weight is 309 g/mol. The van der Waals surface area contributed by atoms with Gasteiger partial charge in [-0.15, -0.1) is 0 Å². The molecule has 0 unspecified atom stereocenters. The molecule has 1 rings (SSSR count). The molecular formula is C16H24FN3O2. The minimum Gasteiger partial charge on any atom is -0.350 e. The summed E-state index contributed by atoms with van der Waals surface area (Å²) in [5, 5.41) is 8.01. The van der Waals surface area contributed by atoms with Crippen molar-refractivity contribution in [2.75, 3.05) is 19.6 Å². The van der Waals surface area contributed by atoms with Crippen LogP contribution in [0.4, 0.5) is 9.18 Å². The molecule has 0 saturated heterocycles. The average Bonchev–Trinajstić information content (AvgIpc) is 2.46. The van der Waals surface area contributed by atoms with Gasteiger partial charge >= 0.3 is 6.03 Å². The number of urea groups is 1. The summed E-state index contributed by atoms with van der Waals surface area (Å²) in [7, 11) is 0. The predicted octanol–water partition coefficient (Wildman–Crippen LogP) is 2.21. The van der Waals surface area contributed by atoms with E-state index in [1.54, 1.807) is 19.1 Å². The molecule has 0 bridgehead atoms. The van der Waals surface area contributed by atoms with Gasteiger partial charge in [0.1, 0.15) is 5.82 Å². The van der Waals surface area contributed by atoms with Gasteiger partial charge in [0, 0.05) is 25.2 Å². The van der Waals surface area contributed by atoms with E-state index in [0.717, 1.165) is 6.42 Å². The molecule has 0 saturated carbocycles. The topological polar surface area (TPSA) is 70.2 Å². The van der Waals surface area contributed by atoms with Crippen LogP contribution in [-0.2, 0) is 0 Å². The summed E-state index contributed by atoms with van der Waals surface area (Å²) in [6, 6.07) is 4.08. The first kappa shape index (κ1) is 17.9. The van der Waals surface area contributed by atoms with Crippen LogP contribution in [-0.4, -0.2) is 31.6 Å². The van der Waals surface area contributed by atoms with Gasteiger partial charge in [-0.1, -0.05) is 19.9 Å². The Bertz CT molecular complexity index is 518. The van der Waals surface area contributed by atoms with E-state index in [9.17, 15) is 14.0 Å². The molecule has 5 nitrogen and oxygen atoms in total. The number of carbonyl (C=O) groups is 2. The molecule has 0 aliphatic rings. The highest BCUT2D eigenvalue weighted by Gasteiger charge is 2.07. The van der Waals surface area contributed by atoms with Crippen LogP contribution in [0.1, 0.15) is 36.2 Å². The van der Waals surface area contributed by atoms with Crippen LogP contribution in [0.15, 0.2) is 18.2 Å². The van der Waals surface area contributed by atoms with Crippen LogP contribution in [0.25, 0.3) is 0 Å². The summed E-state index contributed by atoms with van der Waals surface area (Å²) in [5.41, 5.74) is 0.765.